The molecule has 0 aliphatic heterocycles. The molecule has 0 aromatic heterocycles. The summed E-state index contributed by atoms with van der Waals surface area (Å²) in [6, 6.07) is 5.54. The summed E-state index contributed by atoms with van der Waals surface area (Å²) in [7, 11) is 1.32. The zero-order valence-corrected chi connectivity index (χ0v) is 11.3. The Kier molecular flexibility index (Phi) is 4.89. The molecule has 0 unspecified atom stereocenters. The summed E-state index contributed by atoms with van der Waals surface area (Å²) in [6.07, 6.45) is 0. The van der Waals surface area contributed by atoms with E-state index in [0.29, 0.717) is 12.1 Å². The highest BCUT2D eigenvalue weighted by Crippen LogP contribution is 2.12. The Morgan fingerprint density at radius 1 is 1.22 bits per heavy atom. The number of likely N-dealkylation sites (N-methyl/N-ethyl adjacent to an activating group) is 1. The zero-order chi connectivity index (χ0) is 13.7. The molecular weight excluding hydrogens is 230 g/mol. The van der Waals surface area contributed by atoms with E-state index < -0.39 is 5.97 Å². The molecule has 0 bridgehead atoms. The average molecular weight is 249 g/mol. The number of esters is 1. The minimum Gasteiger partial charge on any atom is -0.468 e. The van der Waals surface area contributed by atoms with Crippen LogP contribution in [0.3, 0.4) is 0 Å². The van der Waals surface area contributed by atoms with Crippen molar-refractivity contribution in [3.8, 4) is 0 Å². The number of rotatable bonds is 4. The van der Waals surface area contributed by atoms with Crippen molar-refractivity contribution in [3.63, 3.8) is 0 Å². The molecule has 0 heterocycles. The first-order chi connectivity index (χ1) is 8.49. The molecule has 4 nitrogen and oxygen atoms in total. The van der Waals surface area contributed by atoms with Crippen LogP contribution in [0, 0.1) is 13.8 Å². The Balaban J connectivity index is 2.89. The van der Waals surface area contributed by atoms with E-state index in [2.05, 4.69) is 4.74 Å². The van der Waals surface area contributed by atoms with Gasteiger partial charge in [0, 0.05) is 12.1 Å². The molecule has 0 saturated carbocycles. The van der Waals surface area contributed by atoms with Gasteiger partial charge in [-0.3, -0.25) is 9.59 Å². The number of methoxy groups -OCH3 is 1. The van der Waals surface area contributed by atoms with Gasteiger partial charge in [0.25, 0.3) is 5.91 Å². The summed E-state index contributed by atoms with van der Waals surface area (Å²) in [6.45, 7) is 6.25. The van der Waals surface area contributed by atoms with Crippen LogP contribution in [-0.2, 0) is 9.53 Å². The Hall–Kier alpha value is -1.84. The topological polar surface area (TPSA) is 46.6 Å². The van der Waals surface area contributed by atoms with E-state index in [0.717, 1.165) is 11.1 Å². The molecule has 0 atom stereocenters. The second-order valence-corrected chi connectivity index (χ2v) is 4.19. The molecule has 1 rings (SSSR count). The number of nitrogens with zero attached hydrogens (tertiary/aromatic N) is 1. The van der Waals surface area contributed by atoms with Crippen LogP contribution in [0.15, 0.2) is 18.2 Å². The fourth-order valence-corrected chi connectivity index (χ4v) is 1.60. The maximum Gasteiger partial charge on any atom is 0.325 e. The maximum atomic E-state index is 12.2. The number of hydrogen-bond acceptors (Lipinski definition) is 3. The van der Waals surface area contributed by atoms with Crippen molar-refractivity contribution in [1.82, 2.24) is 4.90 Å². The normalized spacial score (nSPS) is 10.0. The highest BCUT2D eigenvalue weighted by Gasteiger charge is 2.17. The van der Waals surface area contributed by atoms with Crippen LogP contribution in [0.25, 0.3) is 0 Å². The minimum atomic E-state index is -0.408. The van der Waals surface area contributed by atoms with Crippen LogP contribution in [0.1, 0.15) is 28.4 Å². The lowest BCUT2D eigenvalue weighted by Crippen LogP contribution is -2.36. The van der Waals surface area contributed by atoms with Gasteiger partial charge in [0.15, 0.2) is 0 Å². The molecule has 1 amide bonds. The van der Waals surface area contributed by atoms with Gasteiger partial charge in [-0.1, -0.05) is 6.07 Å². The molecule has 0 radical (unpaired) electrons. The highest BCUT2D eigenvalue weighted by molar-refractivity contribution is 5.96. The number of carbonyl (C=O) groups is 2. The number of carbonyl (C=O) groups excluding carboxylic acids is 2. The van der Waals surface area contributed by atoms with Gasteiger partial charge in [-0.15, -0.1) is 0 Å². The Bertz CT molecular complexity index is 454. The number of benzene rings is 1. The third-order valence-electron chi connectivity index (χ3n) is 2.97. The van der Waals surface area contributed by atoms with Gasteiger partial charge in [-0.2, -0.15) is 0 Å². The van der Waals surface area contributed by atoms with Crippen molar-refractivity contribution in [2.24, 2.45) is 0 Å². The first kappa shape index (κ1) is 14.2. The molecule has 0 spiro atoms. The lowest BCUT2D eigenvalue weighted by Gasteiger charge is -2.19. The molecule has 4 heteroatoms. The van der Waals surface area contributed by atoms with Gasteiger partial charge in [0.05, 0.1) is 7.11 Å². The molecule has 0 N–H and O–H groups in total. The summed E-state index contributed by atoms with van der Waals surface area (Å²) >= 11 is 0. The van der Waals surface area contributed by atoms with Gasteiger partial charge in [-0.05, 0) is 44.0 Å². The lowest BCUT2D eigenvalue weighted by molar-refractivity contribution is -0.141. The van der Waals surface area contributed by atoms with E-state index in [-0.39, 0.29) is 12.5 Å². The van der Waals surface area contributed by atoms with Gasteiger partial charge in [0.2, 0.25) is 0 Å². The number of aryl methyl sites for hydroxylation is 2. The van der Waals surface area contributed by atoms with Gasteiger partial charge < -0.3 is 9.64 Å². The predicted octanol–water partition coefficient (Wildman–Crippen LogP) is 1.94. The van der Waals surface area contributed by atoms with Crippen molar-refractivity contribution in [2.75, 3.05) is 20.2 Å². The average Bonchev–Trinajstić information content (AvgIpc) is 2.38. The molecule has 0 aliphatic rings. The van der Waals surface area contributed by atoms with Crippen LogP contribution in [-0.4, -0.2) is 37.0 Å². The standard InChI is InChI=1S/C14H19NO3/c1-5-15(9-13(16)18-4)14(17)12-7-6-10(2)11(3)8-12/h6-8H,5,9H2,1-4H3. The van der Waals surface area contributed by atoms with Gasteiger partial charge in [0.1, 0.15) is 6.54 Å². The molecule has 98 valence electrons. The Morgan fingerprint density at radius 2 is 1.89 bits per heavy atom. The molecule has 18 heavy (non-hydrogen) atoms. The van der Waals surface area contributed by atoms with Gasteiger partial charge in [-0.25, -0.2) is 0 Å². The minimum absolute atomic E-state index is 0.0151. The Morgan fingerprint density at radius 3 is 2.39 bits per heavy atom. The lowest BCUT2D eigenvalue weighted by atomic mass is 10.1. The fourth-order valence-electron chi connectivity index (χ4n) is 1.60. The molecule has 1 aromatic rings. The van der Waals surface area contributed by atoms with E-state index in [1.54, 1.807) is 6.07 Å². The van der Waals surface area contributed by atoms with E-state index in [1.165, 1.54) is 12.0 Å². The van der Waals surface area contributed by atoms with E-state index in [1.807, 2.05) is 32.9 Å². The Labute approximate surface area is 108 Å². The third-order valence-corrected chi connectivity index (χ3v) is 2.97. The quantitative estimate of drug-likeness (QED) is 0.766. The first-order valence-corrected chi connectivity index (χ1v) is 5.93. The fraction of sp³-hybridized carbons (Fsp3) is 0.429. The monoisotopic (exact) mass is 249 g/mol. The van der Waals surface area contributed by atoms with Crippen molar-refractivity contribution in [2.45, 2.75) is 20.8 Å². The van der Waals surface area contributed by atoms with Crippen molar-refractivity contribution < 1.29 is 14.3 Å². The molecular formula is C14H19NO3. The van der Waals surface area contributed by atoms with Crippen LogP contribution in [0.5, 0.6) is 0 Å². The van der Waals surface area contributed by atoms with Crippen LogP contribution < -0.4 is 0 Å². The first-order valence-electron chi connectivity index (χ1n) is 5.93. The summed E-state index contributed by atoms with van der Waals surface area (Å²) in [4.78, 5) is 24.9. The second kappa shape index (κ2) is 6.19. The zero-order valence-electron chi connectivity index (χ0n) is 11.3. The number of amides is 1. The predicted molar refractivity (Wildman–Crippen MR) is 69.5 cm³/mol. The van der Waals surface area contributed by atoms with Crippen molar-refractivity contribution in [1.29, 1.82) is 0 Å². The molecule has 0 fully saturated rings. The maximum absolute atomic E-state index is 12.2. The van der Waals surface area contributed by atoms with Crippen molar-refractivity contribution in [3.05, 3.63) is 34.9 Å². The third kappa shape index (κ3) is 3.32. The number of ether oxygens (including phenoxy) is 1. The van der Waals surface area contributed by atoms with E-state index in [9.17, 15) is 9.59 Å². The van der Waals surface area contributed by atoms with Crippen LogP contribution in [0.2, 0.25) is 0 Å². The molecule has 0 saturated heterocycles. The molecule has 0 aliphatic carbocycles. The van der Waals surface area contributed by atoms with E-state index >= 15 is 0 Å². The summed E-state index contributed by atoms with van der Waals surface area (Å²) in [5.41, 5.74) is 2.81. The van der Waals surface area contributed by atoms with Crippen molar-refractivity contribution >= 4 is 11.9 Å². The largest absolute Gasteiger partial charge is 0.468 e. The molecule has 1 aromatic carbocycles. The smallest absolute Gasteiger partial charge is 0.325 e. The summed E-state index contributed by atoms with van der Waals surface area (Å²) in [5.74, 6) is -0.556. The SMILES string of the molecule is CCN(CC(=O)OC)C(=O)c1ccc(C)c(C)c1. The van der Waals surface area contributed by atoms with E-state index in [4.69, 9.17) is 0 Å². The van der Waals surface area contributed by atoms with Gasteiger partial charge >= 0.3 is 5.97 Å². The number of hydrogen-bond donors (Lipinski definition) is 0. The summed E-state index contributed by atoms with van der Waals surface area (Å²) in [5, 5.41) is 0. The highest BCUT2D eigenvalue weighted by atomic mass is 16.5. The second-order valence-electron chi connectivity index (χ2n) is 4.19. The van der Waals surface area contributed by atoms with Crippen LogP contribution in [0.4, 0.5) is 0 Å². The summed E-state index contributed by atoms with van der Waals surface area (Å²) < 4.78 is 4.58. The van der Waals surface area contributed by atoms with Crippen LogP contribution >= 0.6 is 0 Å².